The number of hydrogen-bond acceptors (Lipinski definition) is 4. The first-order valence-corrected chi connectivity index (χ1v) is 4.74. The van der Waals surface area contributed by atoms with E-state index >= 15 is 0 Å². The van der Waals surface area contributed by atoms with Crippen LogP contribution in [0.1, 0.15) is 19.4 Å². The van der Waals surface area contributed by atoms with Gasteiger partial charge in [0.2, 0.25) is 0 Å². The maximum absolute atomic E-state index is 11.2. The minimum absolute atomic E-state index is 0.145. The first kappa shape index (κ1) is 11.5. The van der Waals surface area contributed by atoms with E-state index in [1.165, 1.54) is 0 Å². The van der Waals surface area contributed by atoms with Crippen LogP contribution in [0.25, 0.3) is 0 Å². The van der Waals surface area contributed by atoms with E-state index in [0.717, 1.165) is 5.56 Å². The molecule has 5 nitrogen and oxygen atoms in total. The molecule has 0 saturated carbocycles. The summed E-state index contributed by atoms with van der Waals surface area (Å²) >= 11 is 0. The minimum atomic E-state index is -0.502. The molecule has 5 heteroatoms. The van der Waals surface area contributed by atoms with E-state index in [-0.39, 0.29) is 6.10 Å². The summed E-state index contributed by atoms with van der Waals surface area (Å²) in [5.41, 5.74) is 6.33. The Bertz CT molecular complexity index is 322. The van der Waals surface area contributed by atoms with Crippen LogP contribution in [-0.4, -0.2) is 17.2 Å². The van der Waals surface area contributed by atoms with E-state index < -0.39 is 6.09 Å². The van der Waals surface area contributed by atoms with E-state index in [1.54, 1.807) is 32.2 Å². The second kappa shape index (κ2) is 5.31. The molecule has 0 aromatic carbocycles. The summed E-state index contributed by atoms with van der Waals surface area (Å²) in [5.74, 6) is 0.456. The van der Waals surface area contributed by atoms with Gasteiger partial charge in [-0.2, -0.15) is 0 Å². The number of pyridine rings is 1. The first-order valence-electron chi connectivity index (χ1n) is 4.74. The Morgan fingerprint density at radius 3 is 2.80 bits per heavy atom. The van der Waals surface area contributed by atoms with Crippen molar-refractivity contribution in [3.8, 4) is 0 Å². The van der Waals surface area contributed by atoms with Crippen molar-refractivity contribution in [3.63, 3.8) is 0 Å². The predicted octanol–water partition coefficient (Wildman–Crippen LogP) is 1.50. The van der Waals surface area contributed by atoms with E-state index in [4.69, 9.17) is 10.5 Å². The molecule has 1 aromatic rings. The van der Waals surface area contributed by atoms with Gasteiger partial charge < -0.3 is 10.5 Å². The van der Waals surface area contributed by atoms with Crippen LogP contribution in [0.4, 0.5) is 10.6 Å². The van der Waals surface area contributed by atoms with Gasteiger partial charge in [0.1, 0.15) is 5.82 Å². The number of hydrogen-bond donors (Lipinski definition) is 2. The minimum Gasteiger partial charge on any atom is -0.447 e. The number of ether oxygens (including phenoxy) is 1. The average molecular weight is 209 g/mol. The lowest BCUT2D eigenvalue weighted by Gasteiger charge is -2.08. The zero-order valence-electron chi connectivity index (χ0n) is 8.86. The number of nitrogens with zero attached hydrogens (tertiary/aromatic N) is 1. The van der Waals surface area contributed by atoms with Gasteiger partial charge in [-0.3, -0.25) is 5.32 Å². The Labute approximate surface area is 88.6 Å². The number of rotatable bonds is 3. The molecule has 0 atom stereocenters. The zero-order chi connectivity index (χ0) is 11.3. The molecular weight excluding hydrogens is 194 g/mol. The number of carbonyl (C=O) groups excluding carboxylic acids is 1. The Hall–Kier alpha value is -1.62. The quantitative estimate of drug-likeness (QED) is 0.790. The summed E-state index contributed by atoms with van der Waals surface area (Å²) in [6.07, 6.45) is 0.969. The lowest BCUT2D eigenvalue weighted by atomic mass is 10.3. The maximum Gasteiger partial charge on any atom is 0.413 e. The smallest absolute Gasteiger partial charge is 0.413 e. The maximum atomic E-state index is 11.2. The Kier molecular flexibility index (Phi) is 4.05. The Balaban J connectivity index is 2.53. The van der Waals surface area contributed by atoms with Gasteiger partial charge in [-0.05, 0) is 25.5 Å². The first-order chi connectivity index (χ1) is 7.11. The highest BCUT2D eigenvalue weighted by atomic mass is 16.6. The molecule has 1 amide bonds. The molecule has 0 saturated heterocycles. The van der Waals surface area contributed by atoms with Crippen LogP contribution in [-0.2, 0) is 11.3 Å². The highest BCUT2D eigenvalue weighted by molar-refractivity contribution is 5.83. The fraction of sp³-hybridized carbons (Fsp3) is 0.400. The monoisotopic (exact) mass is 209 g/mol. The summed E-state index contributed by atoms with van der Waals surface area (Å²) < 4.78 is 4.90. The Morgan fingerprint density at radius 1 is 1.60 bits per heavy atom. The topological polar surface area (TPSA) is 77.2 Å². The van der Waals surface area contributed by atoms with Gasteiger partial charge >= 0.3 is 6.09 Å². The predicted molar refractivity (Wildman–Crippen MR) is 57.4 cm³/mol. The molecule has 1 aromatic heterocycles. The molecule has 0 aliphatic rings. The number of nitrogens with one attached hydrogen (secondary N) is 1. The van der Waals surface area contributed by atoms with Gasteiger partial charge in [0, 0.05) is 12.7 Å². The molecule has 0 aliphatic heterocycles. The lowest BCUT2D eigenvalue weighted by molar-refractivity contribution is 0.130. The van der Waals surface area contributed by atoms with Crippen LogP contribution < -0.4 is 11.1 Å². The van der Waals surface area contributed by atoms with Gasteiger partial charge in [-0.15, -0.1) is 0 Å². The van der Waals surface area contributed by atoms with Crippen molar-refractivity contribution >= 4 is 11.9 Å². The normalized spacial score (nSPS) is 10.1. The molecule has 0 radical (unpaired) electrons. The molecule has 0 spiro atoms. The van der Waals surface area contributed by atoms with Crippen molar-refractivity contribution in [1.29, 1.82) is 0 Å². The number of nitrogens with two attached hydrogens (primary N) is 1. The second-order valence-electron chi connectivity index (χ2n) is 3.33. The molecule has 82 valence electrons. The van der Waals surface area contributed by atoms with Crippen molar-refractivity contribution < 1.29 is 9.53 Å². The number of amides is 1. The van der Waals surface area contributed by atoms with Gasteiger partial charge in [-0.1, -0.05) is 6.07 Å². The molecular formula is C10H15N3O2. The summed E-state index contributed by atoms with van der Waals surface area (Å²) in [7, 11) is 0. The molecule has 0 fully saturated rings. The van der Waals surface area contributed by atoms with Crippen LogP contribution in [0, 0.1) is 0 Å². The van der Waals surface area contributed by atoms with Crippen molar-refractivity contribution in [2.24, 2.45) is 5.73 Å². The van der Waals surface area contributed by atoms with Gasteiger partial charge in [-0.25, -0.2) is 9.78 Å². The standard InChI is InChI=1S/C10H15N3O2/c1-7(2)15-10(14)13-9-4-3-8(5-11)6-12-9/h3-4,6-7H,5,11H2,1-2H3,(H,12,13,14). The summed E-state index contributed by atoms with van der Waals surface area (Å²) in [5, 5.41) is 2.51. The molecule has 1 rings (SSSR count). The molecule has 15 heavy (non-hydrogen) atoms. The van der Waals surface area contributed by atoms with Crippen LogP contribution in [0.5, 0.6) is 0 Å². The van der Waals surface area contributed by atoms with Crippen LogP contribution in [0.2, 0.25) is 0 Å². The largest absolute Gasteiger partial charge is 0.447 e. The van der Waals surface area contributed by atoms with E-state index in [2.05, 4.69) is 10.3 Å². The fourth-order valence-electron chi connectivity index (χ4n) is 0.967. The number of aromatic nitrogens is 1. The Morgan fingerprint density at radius 2 is 2.33 bits per heavy atom. The third-order valence-corrected chi connectivity index (χ3v) is 1.63. The highest BCUT2D eigenvalue weighted by Gasteiger charge is 2.05. The molecule has 0 unspecified atom stereocenters. The third-order valence-electron chi connectivity index (χ3n) is 1.63. The molecule has 0 bridgehead atoms. The van der Waals surface area contributed by atoms with Gasteiger partial charge in [0.05, 0.1) is 6.10 Å². The average Bonchev–Trinajstić information content (AvgIpc) is 2.17. The van der Waals surface area contributed by atoms with Gasteiger partial charge in [0.25, 0.3) is 0 Å². The summed E-state index contributed by atoms with van der Waals surface area (Å²) in [4.78, 5) is 15.2. The molecule has 1 heterocycles. The van der Waals surface area contributed by atoms with Gasteiger partial charge in [0.15, 0.2) is 0 Å². The van der Waals surface area contributed by atoms with Crippen LogP contribution in [0.15, 0.2) is 18.3 Å². The van der Waals surface area contributed by atoms with Crippen molar-refractivity contribution in [3.05, 3.63) is 23.9 Å². The SMILES string of the molecule is CC(C)OC(=O)Nc1ccc(CN)cn1. The highest BCUT2D eigenvalue weighted by Crippen LogP contribution is 2.05. The zero-order valence-corrected chi connectivity index (χ0v) is 8.86. The third kappa shape index (κ3) is 3.95. The molecule has 3 N–H and O–H groups in total. The van der Waals surface area contributed by atoms with Crippen molar-refractivity contribution in [2.75, 3.05) is 5.32 Å². The van der Waals surface area contributed by atoms with Crippen LogP contribution >= 0.6 is 0 Å². The summed E-state index contributed by atoms with van der Waals surface area (Å²) in [6, 6.07) is 3.49. The van der Waals surface area contributed by atoms with Crippen LogP contribution in [0.3, 0.4) is 0 Å². The summed E-state index contributed by atoms with van der Waals surface area (Å²) in [6.45, 7) is 4.00. The van der Waals surface area contributed by atoms with E-state index in [9.17, 15) is 4.79 Å². The fourth-order valence-corrected chi connectivity index (χ4v) is 0.967. The van der Waals surface area contributed by atoms with E-state index in [0.29, 0.717) is 12.4 Å². The lowest BCUT2D eigenvalue weighted by Crippen LogP contribution is -2.18. The molecule has 0 aliphatic carbocycles. The number of carbonyl (C=O) groups is 1. The van der Waals surface area contributed by atoms with E-state index in [1.807, 2.05) is 0 Å². The number of anilines is 1. The van der Waals surface area contributed by atoms with Crippen molar-refractivity contribution in [1.82, 2.24) is 4.98 Å². The second-order valence-corrected chi connectivity index (χ2v) is 3.33. The van der Waals surface area contributed by atoms with Crippen molar-refractivity contribution in [2.45, 2.75) is 26.5 Å².